The molecule has 0 saturated carbocycles. The van der Waals surface area contributed by atoms with Gasteiger partial charge in [-0.1, -0.05) is 0 Å². The van der Waals surface area contributed by atoms with E-state index in [2.05, 4.69) is 10.3 Å². The maximum atomic E-state index is 11.9. The normalized spacial score (nSPS) is 11.6. The summed E-state index contributed by atoms with van der Waals surface area (Å²) in [5, 5.41) is 11.0. The minimum Gasteiger partial charge on any atom is -0.478 e. The summed E-state index contributed by atoms with van der Waals surface area (Å²) < 4.78 is 0. The third-order valence-corrected chi connectivity index (χ3v) is 3.94. The third kappa shape index (κ3) is 4.38. The van der Waals surface area contributed by atoms with Gasteiger partial charge in [0, 0.05) is 23.1 Å². The van der Waals surface area contributed by atoms with Crippen molar-refractivity contribution in [1.82, 2.24) is 15.2 Å². The second kappa shape index (κ2) is 6.98. The first kappa shape index (κ1) is 16.8. The lowest BCUT2D eigenvalue weighted by molar-refractivity contribution is -0.133. The highest BCUT2D eigenvalue weighted by molar-refractivity contribution is 7.09. The SMILES string of the molecule is CC(C(=O)O)=C(C)C(=O)NC(=O)N(C)Cc1scnc1C. The number of urea groups is 1. The topological polar surface area (TPSA) is 99.6 Å². The van der Waals surface area contributed by atoms with Crippen LogP contribution in [0.15, 0.2) is 16.7 Å². The van der Waals surface area contributed by atoms with Gasteiger partial charge < -0.3 is 10.0 Å². The number of nitrogens with one attached hydrogen (secondary N) is 1. The second-order valence-corrected chi connectivity index (χ2v) is 5.47. The lowest BCUT2D eigenvalue weighted by Gasteiger charge is -2.17. The van der Waals surface area contributed by atoms with Crippen LogP contribution in [-0.2, 0) is 16.1 Å². The van der Waals surface area contributed by atoms with Crippen molar-refractivity contribution in [1.29, 1.82) is 0 Å². The van der Waals surface area contributed by atoms with Gasteiger partial charge in [0.25, 0.3) is 5.91 Å². The van der Waals surface area contributed by atoms with E-state index >= 15 is 0 Å². The molecule has 1 heterocycles. The number of carbonyl (C=O) groups is 3. The Bertz CT molecular complexity index is 606. The molecule has 21 heavy (non-hydrogen) atoms. The Hall–Kier alpha value is -2.22. The average molecular weight is 311 g/mol. The standard InChI is InChI=1S/C13H17N3O4S/c1-7(8(2)12(18)19)11(17)15-13(20)16(4)5-10-9(3)14-6-21-10/h6H,5H2,1-4H3,(H,18,19)(H,15,17,20). The third-order valence-electron chi connectivity index (χ3n) is 3.02. The van der Waals surface area contributed by atoms with Crippen molar-refractivity contribution in [2.24, 2.45) is 0 Å². The lowest BCUT2D eigenvalue weighted by atomic mass is 10.1. The molecular formula is C13H17N3O4S. The number of aromatic nitrogens is 1. The molecule has 3 amide bonds. The Labute approximate surface area is 126 Å². The number of carbonyl (C=O) groups excluding carboxylic acids is 2. The number of nitrogens with zero attached hydrogens (tertiary/aromatic N) is 2. The zero-order valence-electron chi connectivity index (χ0n) is 12.3. The van der Waals surface area contributed by atoms with E-state index in [1.807, 2.05) is 6.92 Å². The van der Waals surface area contributed by atoms with Gasteiger partial charge in [0.2, 0.25) is 0 Å². The first-order valence-electron chi connectivity index (χ1n) is 6.10. The van der Waals surface area contributed by atoms with Gasteiger partial charge in [0.15, 0.2) is 0 Å². The van der Waals surface area contributed by atoms with Gasteiger partial charge in [-0.25, -0.2) is 14.6 Å². The van der Waals surface area contributed by atoms with E-state index in [-0.39, 0.29) is 11.1 Å². The predicted octanol–water partition coefficient (Wildman–Crippen LogP) is 1.54. The van der Waals surface area contributed by atoms with Gasteiger partial charge in [-0.15, -0.1) is 11.3 Å². The van der Waals surface area contributed by atoms with Gasteiger partial charge in [-0.3, -0.25) is 10.1 Å². The van der Waals surface area contributed by atoms with Crippen LogP contribution in [0.5, 0.6) is 0 Å². The molecule has 1 aromatic heterocycles. The predicted molar refractivity (Wildman–Crippen MR) is 77.9 cm³/mol. The molecule has 0 aliphatic heterocycles. The number of amides is 3. The van der Waals surface area contributed by atoms with Crippen molar-refractivity contribution in [3.8, 4) is 0 Å². The highest BCUT2D eigenvalue weighted by Gasteiger charge is 2.18. The zero-order valence-corrected chi connectivity index (χ0v) is 13.1. The highest BCUT2D eigenvalue weighted by atomic mass is 32.1. The van der Waals surface area contributed by atoms with Crippen LogP contribution >= 0.6 is 11.3 Å². The maximum Gasteiger partial charge on any atom is 0.331 e. The first-order chi connectivity index (χ1) is 9.73. The summed E-state index contributed by atoms with van der Waals surface area (Å²) in [5.41, 5.74) is 2.42. The fourth-order valence-electron chi connectivity index (χ4n) is 1.38. The number of aryl methyl sites for hydroxylation is 1. The fraction of sp³-hybridized carbons (Fsp3) is 0.385. The molecule has 0 saturated heterocycles. The number of hydrogen-bond acceptors (Lipinski definition) is 5. The molecule has 0 aliphatic rings. The van der Waals surface area contributed by atoms with Crippen molar-refractivity contribution in [3.63, 3.8) is 0 Å². The van der Waals surface area contributed by atoms with Crippen LogP contribution in [0, 0.1) is 6.92 Å². The van der Waals surface area contributed by atoms with Crippen LogP contribution in [0.4, 0.5) is 4.79 Å². The van der Waals surface area contributed by atoms with E-state index in [4.69, 9.17) is 5.11 Å². The van der Waals surface area contributed by atoms with E-state index in [0.29, 0.717) is 6.54 Å². The minimum atomic E-state index is -1.19. The Morgan fingerprint density at radius 1 is 1.33 bits per heavy atom. The maximum absolute atomic E-state index is 11.9. The van der Waals surface area contributed by atoms with Gasteiger partial charge in [0.05, 0.1) is 17.7 Å². The Morgan fingerprint density at radius 3 is 2.43 bits per heavy atom. The molecular weight excluding hydrogens is 294 g/mol. The number of carboxylic acids is 1. The second-order valence-electron chi connectivity index (χ2n) is 4.53. The lowest BCUT2D eigenvalue weighted by Crippen LogP contribution is -2.41. The molecule has 7 nitrogen and oxygen atoms in total. The number of thiazole rings is 1. The summed E-state index contributed by atoms with van der Waals surface area (Å²) >= 11 is 1.42. The summed E-state index contributed by atoms with van der Waals surface area (Å²) in [4.78, 5) is 40.8. The van der Waals surface area contributed by atoms with Crippen LogP contribution < -0.4 is 5.32 Å². The van der Waals surface area contributed by atoms with Crippen molar-refractivity contribution >= 4 is 29.2 Å². The number of carboxylic acid groups (broad SMARTS) is 1. The Morgan fingerprint density at radius 2 is 1.95 bits per heavy atom. The van der Waals surface area contributed by atoms with Gasteiger partial charge in [-0.05, 0) is 20.8 Å². The average Bonchev–Trinajstić information content (AvgIpc) is 2.82. The molecule has 1 aromatic rings. The van der Waals surface area contributed by atoms with Gasteiger partial charge >= 0.3 is 12.0 Å². The summed E-state index contributed by atoms with van der Waals surface area (Å²) in [7, 11) is 1.55. The first-order valence-corrected chi connectivity index (χ1v) is 6.98. The van der Waals surface area contributed by atoms with Crippen molar-refractivity contribution < 1.29 is 19.5 Å². The Balaban J connectivity index is 2.69. The summed E-state index contributed by atoms with van der Waals surface area (Å²) in [5.74, 6) is -1.91. The molecule has 0 aliphatic carbocycles. The minimum absolute atomic E-state index is 0.00165. The monoisotopic (exact) mass is 311 g/mol. The van der Waals surface area contributed by atoms with E-state index in [0.717, 1.165) is 10.6 Å². The van der Waals surface area contributed by atoms with Crippen LogP contribution in [0.1, 0.15) is 24.4 Å². The number of rotatable bonds is 4. The molecule has 0 fully saturated rings. The van der Waals surface area contributed by atoms with E-state index in [1.54, 1.807) is 12.6 Å². The van der Waals surface area contributed by atoms with Crippen molar-refractivity contribution in [2.75, 3.05) is 7.05 Å². The number of hydrogen-bond donors (Lipinski definition) is 2. The van der Waals surface area contributed by atoms with Crippen LogP contribution in [-0.4, -0.2) is 39.9 Å². The van der Waals surface area contributed by atoms with Gasteiger partial charge in [0.1, 0.15) is 0 Å². The molecule has 0 bridgehead atoms. The number of aliphatic carboxylic acids is 1. The van der Waals surface area contributed by atoms with Gasteiger partial charge in [-0.2, -0.15) is 0 Å². The summed E-state index contributed by atoms with van der Waals surface area (Å²) in [6, 6.07) is -0.592. The van der Waals surface area contributed by atoms with Crippen molar-refractivity contribution in [3.05, 3.63) is 27.2 Å². The highest BCUT2D eigenvalue weighted by Crippen LogP contribution is 2.14. The molecule has 114 valence electrons. The van der Waals surface area contributed by atoms with Crippen molar-refractivity contribution in [2.45, 2.75) is 27.3 Å². The van der Waals surface area contributed by atoms with Crippen LogP contribution in [0.2, 0.25) is 0 Å². The van der Waals surface area contributed by atoms with Crippen LogP contribution in [0.3, 0.4) is 0 Å². The number of imide groups is 1. The fourth-order valence-corrected chi connectivity index (χ4v) is 2.21. The molecule has 0 unspecified atom stereocenters. The summed E-state index contributed by atoms with van der Waals surface area (Å²) in [6.07, 6.45) is 0. The Kier molecular flexibility index (Phi) is 5.60. The van der Waals surface area contributed by atoms with E-state index < -0.39 is 17.9 Å². The molecule has 8 heteroatoms. The molecule has 0 spiro atoms. The summed E-state index contributed by atoms with van der Waals surface area (Å²) in [6.45, 7) is 4.84. The molecule has 0 atom stereocenters. The van der Waals surface area contributed by atoms with Crippen LogP contribution in [0.25, 0.3) is 0 Å². The molecule has 2 N–H and O–H groups in total. The molecule has 1 rings (SSSR count). The smallest absolute Gasteiger partial charge is 0.331 e. The molecule has 0 radical (unpaired) electrons. The van der Waals surface area contributed by atoms with E-state index in [1.165, 1.54) is 30.1 Å². The van der Waals surface area contributed by atoms with E-state index in [9.17, 15) is 14.4 Å². The quantitative estimate of drug-likeness (QED) is 0.822. The molecule has 0 aromatic carbocycles. The zero-order chi connectivity index (χ0) is 16.2. The largest absolute Gasteiger partial charge is 0.478 e.